The molecule has 0 saturated carbocycles. The largest absolute Gasteiger partial charge is 0.396 e. The highest BCUT2D eigenvalue weighted by Crippen LogP contribution is 2.18. The lowest BCUT2D eigenvalue weighted by Crippen LogP contribution is -2.14. The minimum atomic E-state index is 0.164. The molecule has 0 aliphatic carbocycles. The first kappa shape index (κ1) is 15.3. The van der Waals surface area contributed by atoms with Gasteiger partial charge in [-0.2, -0.15) is 5.26 Å². The summed E-state index contributed by atoms with van der Waals surface area (Å²) >= 11 is 0. The molecule has 1 aromatic carbocycles. The summed E-state index contributed by atoms with van der Waals surface area (Å²) in [5, 5.41) is 21.1. The van der Waals surface area contributed by atoms with Gasteiger partial charge in [0.1, 0.15) is 0 Å². The van der Waals surface area contributed by atoms with Crippen molar-refractivity contribution in [3.8, 4) is 6.07 Å². The number of nitrogens with zero attached hydrogens (tertiary/aromatic N) is 1. The lowest BCUT2D eigenvalue weighted by Gasteiger charge is -2.12. The van der Waals surface area contributed by atoms with Crippen molar-refractivity contribution < 1.29 is 5.11 Å². The number of nitriles is 1. The average Bonchev–Trinajstić information content (AvgIpc) is 2.38. The summed E-state index contributed by atoms with van der Waals surface area (Å²) < 4.78 is 0. The molecule has 3 nitrogen and oxygen atoms in total. The van der Waals surface area contributed by atoms with E-state index in [9.17, 15) is 5.26 Å². The number of hydrogen-bond acceptors (Lipinski definition) is 3. The van der Waals surface area contributed by atoms with E-state index in [1.165, 1.54) is 0 Å². The Morgan fingerprint density at radius 2 is 2.21 bits per heavy atom. The Bertz CT molecular complexity index is 472. The standard InChI is InChI=1S/C16H22N2O/c1-12(2)9-15-6-5-14(10-16(15)11-17)13(3)18-7-4-8-19/h5-6,10,12,18-19H,3-4,7-9H2,1-2H3. The van der Waals surface area contributed by atoms with Crippen LogP contribution in [0.3, 0.4) is 0 Å². The minimum absolute atomic E-state index is 0.164. The van der Waals surface area contributed by atoms with Gasteiger partial charge in [0.05, 0.1) is 11.6 Å². The van der Waals surface area contributed by atoms with Crippen LogP contribution in [0.2, 0.25) is 0 Å². The van der Waals surface area contributed by atoms with E-state index in [1.54, 1.807) is 0 Å². The second kappa shape index (κ2) is 7.60. The number of aliphatic hydroxyl groups excluding tert-OH is 1. The van der Waals surface area contributed by atoms with Gasteiger partial charge in [0.2, 0.25) is 0 Å². The minimum Gasteiger partial charge on any atom is -0.396 e. The number of aliphatic hydroxyl groups is 1. The summed E-state index contributed by atoms with van der Waals surface area (Å²) in [7, 11) is 0. The summed E-state index contributed by atoms with van der Waals surface area (Å²) in [4.78, 5) is 0. The average molecular weight is 258 g/mol. The molecule has 0 bridgehead atoms. The smallest absolute Gasteiger partial charge is 0.0994 e. The molecular weight excluding hydrogens is 236 g/mol. The number of nitrogens with one attached hydrogen (secondary N) is 1. The quantitative estimate of drug-likeness (QED) is 0.739. The molecular formula is C16H22N2O. The van der Waals surface area contributed by atoms with Crippen LogP contribution in [0, 0.1) is 17.2 Å². The predicted octanol–water partition coefficient (Wildman–Crippen LogP) is 2.70. The predicted molar refractivity (Wildman–Crippen MR) is 78.4 cm³/mol. The highest BCUT2D eigenvalue weighted by atomic mass is 16.3. The normalized spacial score (nSPS) is 10.3. The van der Waals surface area contributed by atoms with Crippen LogP contribution in [-0.2, 0) is 6.42 Å². The summed E-state index contributed by atoms with van der Waals surface area (Å²) in [6.07, 6.45) is 1.60. The topological polar surface area (TPSA) is 56.0 Å². The molecule has 3 heteroatoms. The summed E-state index contributed by atoms with van der Waals surface area (Å²) in [6.45, 7) is 9.10. The van der Waals surface area contributed by atoms with Gasteiger partial charge in [-0.1, -0.05) is 32.6 Å². The van der Waals surface area contributed by atoms with Crippen molar-refractivity contribution in [2.45, 2.75) is 26.7 Å². The second-order valence-electron chi connectivity index (χ2n) is 5.06. The van der Waals surface area contributed by atoms with E-state index in [4.69, 9.17) is 5.11 Å². The molecule has 0 radical (unpaired) electrons. The maximum atomic E-state index is 9.22. The van der Waals surface area contributed by atoms with Gasteiger partial charge in [-0.3, -0.25) is 0 Å². The van der Waals surface area contributed by atoms with Crippen molar-refractivity contribution in [1.29, 1.82) is 5.26 Å². The van der Waals surface area contributed by atoms with Crippen molar-refractivity contribution in [3.63, 3.8) is 0 Å². The van der Waals surface area contributed by atoms with Crippen molar-refractivity contribution in [2.75, 3.05) is 13.2 Å². The van der Waals surface area contributed by atoms with E-state index in [-0.39, 0.29) is 6.61 Å². The lowest BCUT2D eigenvalue weighted by molar-refractivity contribution is 0.289. The highest BCUT2D eigenvalue weighted by molar-refractivity contribution is 5.64. The van der Waals surface area contributed by atoms with E-state index in [0.717, 1.165) is 28.8 Å². The Hall–Kier alpha value is -1.79. The maximum absolute atomic E-state index is 9.22. The Morgan fingerprint density at radius 1 is 1.47 bits per heavy atom. The Kier molecular flexibility index (Phi) is 6.11. The zero-order valence-electron chi connectivity index (χ0n) is 11.7. The van der Waals surface area contributed by atoms with Crippen LogP contribution in [0.15, 0.2) is 24.8 Å². The van der Waals surface area contributed by atoms with Gasteiger partial charge in [-0.05, 0) is 36.0 Å². The lowest BCUT2D eigenvalue weighted by atomic mass is 9.96. The summed E-state index contributed by atoms with van der Waals surface area (Å²) in [5.74, 6) is 0.531. The summed E-state index contributed by atoms with van der Waals surface area (Å²) in [6, 6.07) is 8.14. The summed E-state index contributed by atoms with van der Waals surface area (Å²) in [5.41, 5.74) is 3.53. The van der Waals surface area contributed by atoms with E-state index in [0.29, 0.717) is 18.9 Å². The maximum Gasteiger partial charge on any atom is 0.0994 e. The monoisotopic (exact) mass is 258 g/mol. The van der Waals surface area contributed by atoms with Gasteiger partial charge in [0, 0.05) is 18.8 Å². The van der Waals surface area contributed by atoms with Crippen molar-refractivity contribution in [1.82, 2.24) is 5.32 Å². The van der Waals surface area contributed by atoms with Gasteiger partial charge in [0.25, 0.3) is 0 Å². The first-order valence-electron chi connectivity index (χ1n) is 6.65. The van der Waals surface area contributed by atoms with Crippen molar-refractivity contribution >= 4 is 5.70 Å². The molecule has 0 aliphatic heterocycles. The van der Waals surface area contributed by atoms with Crippen LogP contribution in [0.4, 0.5) is 0 Å². The third-order valence-corrected chi connectivity index (χ3v) is 2.88. The fourth-order valence-electron chi connectivity index (χ4n) is 1.91. The Morgan fingerprint density at radius 3 is 2.79 bits per heavy atom. The number of benzene rings is 1. The molecule has 0 unspecified atom stereocenters. The first-order valence-corrected chi connectivity index (χ1v) is 6.65. The van der Waals surface area contributed by atoms with Crippen LogP contribution in [-0.4, -0.2) is 18.3 Å². The fourth-order valence-corrected chi connectivity index (χ4v) is 1.91. The van der Waals surface area contributed by atoms with Gasteiger partial charge >= 0.3 is 0 Å². The highest BCUT2D eigenvalue weighted by Gasteiger charge is 2.07. The van der Waals surface area contributed by atoms with E-state index in [1.807, 2.05) is 18.2 Å². The Balaban J connectivity index is 2.82. The molecule has 2 N–H and O–H groups in total. The molecule has 0 fully saturated rings. The molecule has 102 valence electrons. The molecule has 0 spiro atoms. The number of rotatable bonds is 7. The van der Waals surface area contributed by atoms with Crippen LogP contribution >= 0.6 is 0 Å². The van der Waals surface area contributed by atoms with Crippen LogP contribution in [0.1, 0.15) is 37.0 Å². The van der Waals surface area contributed by atoms with Crippen LogP contribution in [0.25, 0.3) is 5.70 Å². The van der Waals surface area contributed by atoms with E-state index in [2.05, 4.69) is 31.8 Å². The molecule has 0 heterocycles. The van der Waals surface area contributed by atoms with Crippen molar-refractivity contribution in [2.24, 2.45) is 5.92 Å². The number of hydrogen-bond donors (Lipinski definition) is 2. The molecule has 0 atom stereocenters. The van der Waals surface area contributed by atoms with Gasteiger partial charge in [-0.25, -0.2) is 0 Å². The van der Waals surface area contributed by atoms with E-state index >= 15 is 0 Å². The third-order valence-electron chi connectivity index (χ3n) is 2.88. The van der Waals surface area contributed by atoms with Gasteiger partial charge in [0.15, 0.2) is 0 Å². The third kappa shape index (κ3) is 4.76. The zero-order chi connectivity index (χ0) is 14.3. The molecule has 19 heavy (non-hydrogen) atoms. The molecule has 0 aromatic heterocycles. The molecule has 1 aromatic rings. The Labute approximate surface area is 115 Å². The van der Waals surface area contributed by atoms with Crippen LogP contribution < -0.4 is 5.32 Å². The molecule has 1 rings (SSSR count). The molecule has 0 saturated heterocycles. The second-order valence-corrected chi connectivity index (χ2v) is 5.06. The fraction of sp³-hybridized carbons (Fsp3) is 0.438. The first-order chi connectivity index (χ1) is 9.08. The van der Waals surface area contributed by atoms with Crippen molar-refractivity contribution in [3.05, 3.63) is 41.5 Å². The molecule has 0 amide bonds. The SMILES string of the molecule is C=C(NCCCO)c1ccc(CC(C)C)c(C#N)c1. The van der Waals surface area contributed by atoms with Crippen LogP contribution in [0.5, 0.6) is 0 Å². The van der Waals surface area contributed by atoms with Gasteiger partial charge < -0.3 is 10.4 Å². The molecule has 0 aliphatic rings. The zero-order valence-corrected chi connectivity index (χ0v) is 11.7. The van der Waals surface area contributed by atoms with E-state index < -0.39 is 0 Å². The van der Waals surface area contributed by atoms with Gasteiger partial charge in [-0.15, -0.1) is 0 Å².